The first-order valence-electron chi connectivity index (χ1n) is 6.44. The number of aromatic nitrogens is 2. The highest BCUT2D eigenvalue weighted by molar-refractivity contribution is 6.00. The van der Waals surface area contributed by atoms with Crippen LogP contribution in [0.2, 0.25) is 0 Å². The number of hydrogen-bond acceptors (Lipinski definition) is 3. The van der Waals surface area contributed by atoms with Crippen molar-refractivity contribution in [3.05, 3.63) is 18.0 Å². The number of carbonyl (C=O) groups excluding carboxylic acids is 1. The van der Waals surface area contributed by atoms with Gasteiger partial charge in [-0.05, 0) is 32.4 Å². The maximum Gasteiger partial charge on any atom is 0.171 e. The predicted octanol–water partition coefficient (Wildman–Crippen LogP) is 1.87. The van der Waals surface area contributed by atoms with E-state index in [1.165, 1.54) is 0 Å². The third-order valence-electron chi connectivity index (χ3n) is 3.60. The molecule has 94 valence electrons. The molecule has 0 aromatic carbocycles. The molecule has 0 atom stereocenters. The minimum atomic E-state index is -0.203. The molecule has 1 fully saturated rings. The van der Waals surface area contributed by atoms with Gasteiger partial charge in [0.05, 0.1) is 11.8 Å². The zero-order valence-electron chi connectivity index (χ0n) is 10.7. The van der Waals surface area contributed by atoms with E-state index in [-0.39, 0.29) is 11.2 Å². The van der Waals surface area contributed by atoms with Crippen LogP contribution in [0.1, 0.15) is 43.5 Å². The van der Waals surface area contributed by atoms with Gasteiger partial charge < -0.3 is 5.32 Å². The van der Waals surface area contributed by atoms with Crippen LogP contribution in [0.3, 0.4) is 0 Å². The molecule has 1 aliphatic heterocycles. The van der Waals surface area contributed by atoms with Gasteiger partial charge in [-0.2, -0.15) is 5.10 Å². The summed E-state index contributed by atoms with van der Waals surface area (Å²) in [5, 5.41) is 7.53. The molecular formula is C13H21N3O. The molecule has 1 aromatic heterocycles. The third kappa shape index (κ3) is 2.57. The highest BCUT2D eigenvalue weighted by atomic mass is 16.1. The molecule has 0 amide bonds. The monoisotopic (exact) mass is 235 g/mol. The first-order valence-corrected chi connectivity index (χ1v) is 6.44. The van der Waals surface area contributed by atoms with Crippen LogP contribution in [0.5, 0.6) is 0 Å². The smallest absolute Gasteiger partial charge is 0.171 e. The average molecular weight is 235 g/mol. The number of aryl methyl sites for hydroxylation is 1. The van der Waals surface area contributed by atoms with Crippen molar-refractivity contribution in [2.45, 2.75) is 39.7 Å². The van der Waals surface area contributed by atoms with Crippen molar-refractivity contribution in [1.29, 1.82) is 0 Å². The number of nitrogens with zero attached hydrogens (tertiary/aromatic N) is 2. The van der Waals surface area contributed by atoms with Crippen LogP contribution in [0.4, 0.5) is 0 Å². The first kappa shape index (κ1) is 12.3. The summed E-state index contributed by atoms with van der Waals surface area (Å²) < 4.78 is 1.86. The number of carbonyl (C=O) groups is 1. The Bertz CT molecular complexity index is 391. The quantitative estimate of drug-likeness (QED) is 0.810. The molecule has 0 aliphatic carbocycles. The minimum Gasteiger partial charge on any atom is -0.317 e. The van der Waals surface area contributed by atoms with Gasteiger partial charge in [-0.3, -0.25) is 9.48 Å². The molecular weight excluding hydrogens is 214 g/mol. The largest absolute Gasteiger partial charge is 0.317 e. The summed E-state index contributed by atoms with van der Waals surface area (Å²) >= 11 is 0. The van der Waals surface area contributed by atoms with Crippen molar-refractivity contribution < 1.29 is 4.79 Å². The maximum atomic E-state index is 12.5. The zero-order chi connectivity index (χ0) is 12.3. The summed E-state index contributed by atoms with van der Waals surface area (Å²) in [7, 11) is 0. The predicted molar refractivity (Wildman–Crippen MR) is 67.1 cm³/mol. The van der Waals surface area contributed by atoms with Gasteiger partial charge in [-0.1, -0.05) is 13.8 Å². The van der Waals surface area contributed by atoms with E-state index in [2.05, 4.69) is 24.3 Å². The van der Waals surface area contributed by atoms with Gasteiger partial charge in [0.1, 0.15) is 0 Å². The molecule has 0 unspecified atom stereocenters. The Morgan fingerprint density at radius 3 is 2.88 bits per heavy atom. The normalized spacial score (nSPS) is 19.2. The van der Waals surface area contributed by atoms with Crippen LogP contribution >= 0.6 is 0 Å². The number of rotatable bonds is 4. The number of Topliss-reactive ketones (excluding diaryl/α,β-unsaturated/α-hetero) is 1. The Morgan fingerprint density at radius 2 is 2.24 bits per heavy atom. The molecule has 4 heteroatoms. The zero-order valence-corrected chi connectivity index (χ0v) is 10.7. The van der Waals surface area contributed by atoms with Gasteiger partial charge >= 0.3 is 0 Å². The Hall–Kier alpha value is -1.16. The fourth-order valence-electron chi connectivity index (χ4n) is 2.39. The Morgan fingerprint density at radius 1 is 1.53 bits per heavy atom. The van der Waals surface area contributed by atoms with E-state index in [9.17, 15) is 4.79 Å². The Labute approximate surface area is 102 Å². The highest BCUT2D eigenvalue weighted by Gasteiger charge is 2.35. The lowest BCUT2D eigenvalue weighted by atomic mass is 9.75. The van der Waals surface area contributed by atoms with Crippen molar-refractivity contribution in [3.63, 3.8) is 0 Å². The molecule has 2 rings (SSSR count). The minimum absolute atomic E-state index is 0.203. The lowest BCUT2D eigenvalue weighted by Gasteiger charge is -2.32. The van der Waals surface area contributed by atoms with Crippen molar-refractivity contribution in [2.75, 3.05) is 13.1 Å². The van der Waals surface area contributed by atoms with E-state index in [1.54, 1.807) is 6.20 Å². The molecule has 1 aromatic rings. The molecule has 2 heterocycles. The summed E-state index contributed by atoms with van der Waals surface area (Å²) in [4.78, 5) is 12.5. The SMILES string of the molecule is CCCn1cc(C(=O)C2(C)CCNCC2)cn1. The van der Waals surface area contributed by atoms with Crippen molar-refractivity contribution in [3.8, 4) is 0 Å². The van der Waals surface area contributed by atoms with Gasteiger partial charge in [-0.25, -0.2) is 0 Å². The molecule has 0 saturated carbocycles. The lowest BCUT2D eigenvalue weighted by molar-refractivity contribution is 0.0762. The highest BCUT2D eigenvalue weighted by Crippen LogP contribution is 2.31. The van der Waals surface area contributed by atoms with Crippen LogP contribution in [-0.2, 0) is 6.54 Å². The molecule has 17 heavy (non-hydrogen) atoms. The number of ketones is 1. The summed E-state index contributed by atoms with van der Waals surface area (Å²) in [5.41, 5.74) is 0.563. The van der Waals surface area contributed by atoms with Crippen molar-refractivity contribution >= 4 is 5.78 Å². The Kier molecular flexibility index (Phi) is 3.62. The van der Waals surface area contributed by atoms with Crippen molar-refractivity contribution in [2.24, 2.45) is 5.41 Å². The van der Waals surface area contributed by atoms with E-state index >= 15 is 0 Å². The molecule has 4 nitrogen and oxygen atoms in total. The average Bonchev–Trinajstić information content (AvgIpc) is 2.78. The van der Waals surface area contributed by atoms with Crippen LogP contribution in [-0.4, -0.2) is 28.7 Å². The van der Waals surface area contributed by atoms with E-state index in [1.807, 2.05) is 10.9 Å². The van der Waals surface area contributed by atoms with Crippen molar-refractivity contribution in [1.82, 2.24) is 15.1 Å². The Balaban J connectivity index is 2.12. The standard InChI is InChI=1S/C13H21N3O/c1-3-8-16-10-11(9-15-16)12(17)13(2)4-6-14-7-5-13/h9-10,14H,3-8H2,1-2H3. The van der Waals surface area contributed by atoms with Gasteiger partial charge in [0.25, 0.3) is 0 Å². The van der Waals surface area contributed by atoms with Crippen LogP contribution in [0.15, 0.2) is 12.4 Å². The maximum absolute atomic E-state index is 12.5. The summed E-state index contributed by atoms with van der Waals surface area (Å²) in [6, 6.07) is 0. The summed E-state index contributed by atoms with van der Waals surface area (Å²) in [6.45, 7) is 6.94. The fraction of sp³-hybridized carbons (Fsp3) is 0.692. The van der Waals surface area contributed by atoms with E-state index in [4.69, 9.17) is 0 Å². The molecule has 0 bridgehead atoms. The van der Waals surface area contributed by atoms with E-state index in [0.29, 0.717) is 0 Å². The van der Waals surface area contributed by atoms with E-state index in [0.717, 1.165) is 44.5 Å². The van der Waals surface area contributed by atoms with Gasteiger partial charge in [0.2, 0.25) is 0 Å². The summed E-state index contributed by atoms with van der Waals surface area (Å²) in [5.74, 6) is 0.251. The second kappa shape index (κ2) is 5.00. The summed E-state index contributed by atoms with van der Waals surface area (Å²) in [6.07, 6.45) is 6.48. The second-order valence-electron chi connectivity index (χ2n) is 5.13. The molecule has 0 radical (unpaired) electrons. The number of nitrogens with one attached hydrogen (secondary N) is 1. The van der Waals surface area contributed by atoms with Gasteiger partial charge in [0.15, 0.2) is 5.78 Å². The number of piperidine rings is 1. The van der Waals surface area contributed by atoms with Gasteiger partial charge in [0, 0.05) is 18.2 Å². The van der Waals surface area contributed by atoms with Crippen LogP contribution in [0, 0.1) is 5.41 Å². The molecule has 1 saturated heterocycles. The second-order valence-corrected chi connectivity index (χ2v) is 5.13. The third-order valence-corrected chi connectivity index (χ3v) is 3.60. The van der Waals surface area contributed by atoms with Crippen LogP contribution in [0.25, 0.3) is 0 Å². The lowest BCUT2D eigenvalue weighted by Crippen LogP contribution is -2.40. The van der Waals surface area contributed by atoms with E-state index < -0.39 is 0 Å². The topological polar surface area (TPSA) is 46.9 Å². The van der Waals surface area contributed by atoms with Gasteiger partial charge in [-0.15, -0.1) is 0 Å². The number of hydrogen-bond donors (Lipinski definition) is 1. The fourth-order valence-corrected chi connectivity index (χ4v) is 2.39. The molecule has 0 spiro atoms. The molecule has 1 aliphatic rings. The van der Waals surface area contributed by atoms with Crippen LogP contribution < -0.4 is 5.32 Å². The first-order chi connectivity index (χ1) is 8.15. The molecule has 1 N–H and O–H groups in total.